The van der Waals surface area contributed by atoms with Gasteiger partial charge in [0.1, 0.15) is 0 Å². The minimum atomic E-state index is -0.332. The molecule has 0 bridgehead atoms. The summed E-state index contributed by atoms with van der Waals surface area (Å²) in [5, 5.41) is 14.0. The molecule has 1 saturated carbocycles. The molecular weight excluding hydrogens is 192 g/mol. The first kappa shape index (κ1) is 9.96. The Balaban J connectivity index is 2.17. The van der Waals surface area contributed by atoms with Gasteiger partial charge >= 0.3 is 0 Å². The first-order chi connectivity index (χ1) is 7.16. The number of nitrogens with zero attached hydrogens (tertiary/aromatic N) is 1. The lowest BCUT2D eigenvalue weighted by molar-refractivity contribution is -0.385. The van der Waals surface area contributed by atoms with E-state index in [1.807, 2.05) is 6.07 Å². The van der Waals surface area contributed by atoms with Crippen molar-refractivity contribution in [2.75, 3.05) is 5.32 Å². The highest BCUT2D eigenvalue weighted by molar-refractivity contribution is 5.55. The molecule has 1 aliphatic carbocycles. The summed E-state index contributed by atoms with van der Waals surface area (Å²) in [6.45, 7) is 1.76. The normalized spacial score (nSPS) is 15.8. The quantitative estimate of drug-likeness (QED) is 0.611. The van der Waals surface area contributed by atoms with Crippen LogP contribution in [0.2, 0.25) is 0 Å². The third kappa shape index (κ3) is 2.09. The van der Waals surface area contributed by atoms with Gasteiger partial charge in [0.05, 0.1) is 4.92 Å². The SMILES string of the molecule is Cc1ccc(NC2CCC2)cc1[N+](=O)[O-]. The van der Waals surface area contributed by atoms with Crippen molar-refractivity contribution in [1.82, 2.24) is 0 Å². The predicted molar refractivity (Wildman–Crippen MR) is 59.1 cm³/mol. The number of hydrogen-bond acceptors (Lipinski definition) is 3. The van der Waals surface area contributed by atoms with Crippen molar-refractivity contribution in [2.45, 2.75) is 32.2 Å². The molecule has 1 N–H and O–H groups in total. The summed E-state index contributed by atoms with van der Waals surface area (Å²) < 4.78 is 0. The van der Waals surface area contributed by atoms with Crippen molar-refractivity contribution in [1.29, 1.82) is 0 Å². The van der Waals surface area contributed by atoms with E-state index in [4.69, 9.17) is 0 Å². The molecule has 80 valence electrons. The molecule has 0 aromatic heterocycles. The molecule has 0 saturated heterocycles. The molecule has 0 unspecified atom stereocenters. The molecular formula is C11H14N2O2. The Hall–Kier alpha value is -1.58. The fourth-order valence-electron chi connectivity index (χ4n) is 1.68. The minimum Gasteiger partial charge on any atom is -0.382 e. The Morgan fingerprint density at radius 2 is 2.20 bits per heavy atom. The van der Waals surface area contributed by atoms with Crippen LogP contribution in [0.1, 0.15) is 24.8 Å². The molecule has 1 fully saturated rings. The van der Waals surface area contributed by atoms with E-state index < -0.39 is 0 Å². The predicted octanol–water partition coefficient (Wildman–Crippen LogP) is 2.87. The van der Waals surface area contributed by atoms with Crippen molar-refractivity contribution < 1.29 is 4.92 Å². The maximum atomic E-state index is 10.7. The van der Waals surface area contributed by atoms with Crippen molar-refractivity contribution in [3.8, 4) is 0 Å². The number of aryl methyl sites for hydroxylation is 1. The Morgan fingerprint density at radius 1 is 1.47 bits per heavy atom. The number of anilines is 1. The van der Waals surface area contributed by atoms with Crippen LogP contribution in [-0.4, -0.2) is 11.0 Å². The maximum absolute atomic E-state index is 10.7. The van der Waals surface area contributed by atoms with Gasteiger partial charge in [-0.05, 0) is 32.3 Å². The van der Waals surface area contributed by atoms with Crippen LogP contribution < -0.4 is 5.32 Å². The fraction of sp³-hybridized carbons (Fsp3) is 0.455. The Kier molecular flexibility index (Phi) is 2.58. The average molecular weight is 206 g/mol. The number of benzene rings is 1. The van der Waals surface area contributed by atoms with E-state index >= 15 is 0 Å². The van der Waals surface area contributed by atoms with Crippen molar-refractivity contribution >= 4 is 11.4 Å². The van der Waals surface area contributed by atoms with Crippen LogP contribution >= 0.6 is 0 Å². The fourth-order valence-corrected chi connectivity index (χ4v) is 1.68. The second kappa shape index (κ2) is 3.88. The van der Waals surface area contributed by atoms with Crippen molar-refractivity contribution in [3.05, 3.63) is 33.9 Å². The van der Waals surface area contributed by atoms with Gasteiger partial charge in [-0.1, -0.05) is 6.07 Å². The molecule has 0 atom stereocenters. The van der Waals surface area contributed by atoms with E-state index in [1.54, 1.807) is 19.1 Å². The molecule has 0 amide bonds. The van der Waals surface area contributed by atoms with E-state index in [0.717, 1.165) is 5.69 Å². The van der Waals surface area contributed by atoms with E-state index in [1.165, 1.54) is 19.3 Å². The summed E-state index contributed by atoms with van der Waals surface area (Å²) in [5.74, 6) is 0. The highest BCUT2D eigenvalue weighted by atomic mass is 16.6. The third-order valence-corrected chi connectivity index (χ3v) is 2.88. The number of nitrogens with one attached hydrogen (secondary N) is 1. The summed E-state index contributed by atoms with van der Waals surface area (Å²) in [6, 6.07) is 5.82. The zero-order valence-electron chi connectivity index (χ0n) is 8.69. The molecule has 4 nitrogen and oxygen atoms in total. The number of nitro groups is 1. The lowest BCUT2D eigenvalue weighted by Crippen LogP contribution is -2.26. The second-order valence-corrected chi connectivity index (χ2v) is 4.03. The topological polar surface area (TPSA) is 55.2 Å². The van der Waals surface area contributed by atoms with Gasteiger partial charge in [0.25, 0.3) is 5.69 Å². The zero-order valence-corrected chi connectivity index (χ0v) is 8.69. The molecule has 0 aliphatic heterocycles. The second-order valence-electron chi connectivity index (χ2n) is 4.03. The molecule has 0 radical (unpaired) electrons. The van der Waals surface area contributed by atoms with Crippen LogP contribution in [0, 0.1) is 17.0 Å². The number of rotatable bonds is 3. The molecule has 1 aliphatic rings. The van der Waals surface area contributed by atoms with E-state index in [0.29, 0.717) is 11.6 Å². The van der Waals surface area contributed by atoms with Gasteiger partial charge in [0, 0.05) is 23.4 Å². The monoisotopic (exact) mass is 206 g/mol. The Bertz CT molecular complexity index is 386. The first-order valence-corrected chi connectivity index (χ1v) is 5.18. The van der Waals surface area contributed by atoms with Crippen molar-refractivity contribution in [2.24, 2.45) is 0 Å². The maximum Gasteiger partial charge on any atom is 0.274 e. The molecule has 1 aromatic carbocycles. The number of nitro benzene ring substituents is 1. The van der Waals surface area contributed by atoms with Crippen LogP contribution in [0.5, 0.6) is 0 Å². The average Bonchev–Trinajstić information content (AvgIpc) is 2.13. The summed E-state index contributed by atoms with van der Waals surface area (Å²) in [6.07, 6.45) is 3.59. The summed E-state index contributed by atoms with van der Waals surface area (Å²) >= 11 is 0. The van der Waals surface area contributed by atoms with Gasteiger partial charge in [-0.15, -0.1) is 0 Å². The third-order valence-electron chi connectivity index (χ3n) is 2.88. The van der Waals surface area contributed by atoms with Crippen LogP contribution in [0.3, 0.4) is 0 Å². The van der Waals surface area contributed by atoms with Gasteiger partial charge in [0.2, 0.25) is 0 Å². The highest BCUT2D eigenvalue weighted by Crippen LogP contribution is 2.27. The standard InChI is InChI=1S/C11H14N2O2/c1-8-5-6-10(7-11(8)13(14)15)12-9-3-2-4-9/h5-7,9,12H,2-4H2,1H3. The lowest BCUT2D eigenvalue weighted by Gasteiger charge is -2.27. The molecule has 15 heavy (non-hydrogen) atoms. The van der Waals surface area contributed by atoms with Crippen LogP contribution in [0.15, 0.2) is 18.2 Å². The summed E-state index contributed by atoms with van der Waals surface area (Å²) in [4.78, 5) is 10.4. The van der Waals surface area contributed by atoms with E-state index in [-0.39, 0.29) is 10.6 Å². The molecule has 4 heteroatoms. The largest absolute Gasteiger partial charge is 0.382 e. The van der Waals surface area contributed by atoms with Gasteiger partial charge in [-0.25, -0.2) is 0 Å². The lowest BCUT2D eigenvalue weighted by atomic mass is 9.93. The van der Waals surface area contributed by atoms with Crippen LogP contribution in [0.4, 0.5) is 11.4 Å². The van der Waals surface area contributed by atoms with Crippen molar-refractivity contribution in [3.63, 3.8) is 0 Å². The van der Waals surface area contributed by atoms with Gasteiger partial charge in [-0.2, -0.15) is 0 Å². The van der Waals surface area contributed by atoms with Crippen LogP contribution in [-0.2, 0) is 0 Å². The molecule has 0 heterocycles. The summed E-state index contributed by atoms with van der Waals surface area (Å²) in [5.41, 5.74) is 1.76. The molecule has 1 aromatic rings. The van der Waals surface area contributed by atoms with E-state index in [2.05, 4.69) is 5.32 Å². The summed E-state index contributed by atoms with van der Waals surface area (Å²) in [7, 11) is 0. The van der Waals surface area contributed by atoms with Gasteiger partial charge in [-0.3, -0.25) is 10.1 Å². The highest BCUT2D eigenvalue weighted by Gasteiger charge is 2.18. The minimum absolute atomic E-state index is 0.194. The first-order valence-electron chi connectivity index (χ1n) is 5.18. The Labute approximate surface area is 88.5 Å². The smallest absolute Gasteiger partial charge is 0.274 e. The van der Waals surface area contributed by atoms with Gasteiger partial charge < -0.3 is 5.32 Å². The Morgan fingerprint density at radius 3 is 2.73 bits per heavy atom. The zero-order chi connectivity index (χ0) is 10.8. The van der Waals surface area contributed by atoms with E-state index in [9.17, 15) is 10.1 Å². The van der Waals surface area contributed by atoms with Gasteiger partial charge in [0.15, 0.2) is 0 Å². The molecule has 0 spiro atoms. The molecule has 2 rings (SSSR count). The number of hydrogen-bond donors (Lipinski definition) is 1. The van der Waals surface area contributed by atoms with Crippen LogP contribution in [0.25, 0.3) is 0 Å².